The molecule has 2 aromatic rings. The largest absolute Gasteiger partial charge is 0.496 e. The van der Waals surface area contributed by atoms with Gasteiger partial charge in [0.1, 0.15) is 29.3 Å². The van der Waals surface area contributed by atoms with Crippen molar-refractivity contribution < 1.29 is 28.2 Å². The maximum atomic E-state index is 14.7. The lowest BCUT2D eigenvalue weighted by Gasteiger charge is -2.32. The predicted molar refractivity (Wildman–Crippen MR) is 275 cm³/mol. The highest BCUT2D eigenvalue weighted by Gasteiger charge is 2.26. The quantitative estimate of drug-likeness (QED) is 0.0482. The molecule has 2 aliphatic heterocycles. The van der Waals surface area contributed by atoms with Gasteiger partial charge in [-0.2, -0.15) is 0 Å². The number of hydrogen-bond donors (Lipinski definition) is 6. The summed E-state index contributed by atoms with van der Waals surface area (Å²) in [4.78, 5) is 45.1. The van der Waals surface area contributed by atoms with Gasteiger partial charge in [-0.25, -0.2) is 9.18 Å². The number of amides is 3. The van der Waals surface area contributed by atoms with Gasteiger partial charge < -0.3 is 34.8 Å². The Balaban J connectivity index is 0.000000367. The van der Waals surface area contributed by atoms with E-state index in [2.05, 4.69) is 42.5 Å². The SMILES string of the molecule is C=C(/C=C\C=C(/C)C(=N)N(C=N)C(C)C)NC(=O)c1cc2c(cc1F)CCN(C(=O)OC(C)CC)C2.C=C(/C=C\C=C(/C)C(=N)N(C=N)C(C)C)NC(=O)c1cc2c(cc1OC)CCN(C(C)C)C2. The van der Waals surface area contributed by atoms with Crippen LogP contribution >= 0.6 is 0 Å². The fourth-order valence-corrected chi connectivity index (χ4v) is 7.27. The number of fused-ring (bicyclic) bond motifs is 2. The Kier molecular flexibility index (Phi) is 21.7. The highest BCUT2D eigenvalue weighted by Crippen LogP contribution is 2.29. The molecule has 372 valence electrons. The maximum absolute atomic E-state index is 14.7. The number of nitrogens with zero attached hydrogens (tertiary/aromatic N) is 4. The van der Waals surface area contributed by atoms with Crippen LogP contribution in [0.1, 0.15) is 119 Å². The molecule has 0 saturated carbocycles. The van der Waals surface area contributed by atoms with E-state index in [-0.39, 0.29) is 53.6 Å². The van der Waals surface area contributed by atoms with Crippen molar-refractivity contribution in [3.05, 3.63) is 136 Å². The maximum Gasteiger partial charge on any atom is 0.410 e. The summed E-state index contributed by atoms with van der Waals surface area (Å²) in [6.07, 6.45) is 13.8. The Hall–Kier alpha value is -6.94. The first-order valence-corrected chi connectivity index (χ1v) is 23.2. The second-order valence-electron chi connectivity index (χ2n) is 17.8. The van der Waals surface area contributed by atoms with E-state index >= 15 is 0 Å². The first kappa shape index (κ1) is 56.4. The third-order valence-electron chi connectivity index (χ3n) is 11.7. The van der Waals surface area contributed by atoms with Crippen LogP contribution in [0.4, 0.5) is 9.18 Å². The van der Waals surface area contributed by atoms with E-state index in [4.69, 9.17) is 31.1 Å². The fourth-order valence-electron chi connectivity index (χ4n) is 7.27. The van der Waals surface area contributed by atoms with Crippen LogP contribution in [0.3, 0.4) is 0 Å². The second kappa shape index (κ2) is 26.6. The zero-order valence-corrected chi connectivity index (χ0v) is 42.3. The van der Waals surface area contributed by atoms with Crippen molar-refractivity contribution >= 4 is 42.3 Å². The van der Waals surface area contributed by atoms with Crippen molar-refractivity contribution in [2.24, 2.45) is 0 Å². The minimum atomic E-state index is -0.646. The van der Waals surface area contributed by atoms with Crippen LogP contribution in [0.25, 0.3) is 0 Å². The Morgan fingerprint density at radius 1 is 0.754 bits per heavy atom. The molecule has 4 rings (SSSR count). The molecule has 0 radical (unpaired) electrons. The lowest BCUT2D eigenvalue weighted by atomic mass is 9.95. The number of allylic oxidation sites excluding steroid dienone is 6. The molecule has 0 fully saturated rings. The van der Waals surface area contributed by atoms with Crippen molar-refractivity contribution in [2.45, 2.75) is 126 Å². The Morgan fingerprint density at radius 2 is 1.23 bits per heavy atom. The van der Waals surface area contributed by atoms with Crippen LogP contribution in [0, 0.1) is 27.5 Å². The molecule has 2 heterocycles. The number of ether oxygens (including phenoxy) is 2. The van der Waals surface area contributed by atoms with Crippen molar-refractivity contribution in [3.8, 4) is 5.75 Å². The van der Waals surface area contributed by atoms with Gasteiger partial charge in [0.25, 0.3) is 11.8 Å². The highest BCUT2D eigenvalue weighted by molar-refractivity contribution is 6.02. The summed E-state index contributed by atoms with van der Waals surface area (Å²) in [5.74, 6) is -0.540. The zero-order chi connectivity index (χ0) is 51.7. The normalized spacial score (nSPS) is 14.3. The molecule has 2 aliphatic rings. The Morgan fingerprint density at radius 3 is 1.71 bits per heavy atom. The first-order chi connectivity index (χ1) is 32.6. The predicted octanol–water partition coefficient (Wildman–Crippen LogP) is 9.66. The lowest BCUT2D eigenvalue weighted by molar-refractivity contribution is 0.0648. The third-order valence-corrected chi connectivity index (χ3v) is 11.7. The standard InChI is InChI=1S/C27H36FN5O3.C26H37N5O2/c1-7-20(6)36-27(35)32-12-11-21-14-24(28)23(13-22(21)15-32)26(34)31-19(5)10-8-9-18(4)25(30)33(16-29)17(2)3;1-17(2)30-12-11-21-14-24(33-7)23(13-22(21)15-30)26(32)29-20(6)10-8-9-19(5)25(28)31(16-27)18(3)4/h8-10,13-14,16-17,20,29-30H,5,7,11-12,15H2,1-4,6H3,(H,31,34);8-10,13-14,16-18,27-28H,6,11-12,15H2,1-5,7H3,(H,29,32)/b10-8-,18-9+,29-16?,30-25?;10-8-,19-9+,27-16?,28-25?. The van der Waals surface area contributed by atoms with Gasteiger partial charge in [0.05, 0.1) is 30.9 Å². The average molecular weight is 949 g/mol. The molecule has 2 aromatic carbocycles. The van der Waals surface area contributed by atoms with Crippen molar-refractivity contribution in [1.29, 1.82) is 21.6 Å². The van der Waals surface area contributed by atoms with E-state index in [0.29, 0.717) is 59.1 Å². The Labute approximate surface area is 408 Å². The molecule has 16 heteroatoms. The topological polar surface area (TPSA) is 202 Å². The number of methoxy groups -OCH3 is 1. The summed E-state index contributed by atoms with van der Waals surface area (Å²) in [6, 6.07) is 7.17. The summed E-state index contributed by atoms with van der Waals surface area (Å²) in [7, 11) is 1.58. The van der Waals surface area contributed by atoms with E-state index in [9.17, 15) is 18.8 Å². The fraction of sp³-hybridized carbons (Fsp3) is 0.415. The molecule has 0 aromatic heterocycles. The molecule has 69 heavy (non-hydrogen) atoms. The minimum Gasteiger partial charge on any atom is -0.496 e. The molecule has 0 spiro atoms. The van der Waals surface area contributed by atoms with Crippen LogP contribution in [0.15, 0.2) is 96.4 Å². The van der Waals surface area contributed by atoms with Gasteiger partial charge in [0, 0.05) is 55.7 Å². The summed E-state index contributed by atoms with van der Waals surface area (Å²) >= 11 is 0. The van der Waals surface area contributed by atoms with Crippen molar-refractivity contribution in [2.75, 3.05) is 20.2 Å². The zero-order valence-electron chi connectivity index (χ0n) is 42.3. The molecular formula is C53H73FN10O5. The lowest BCUT2D eigenvalue weighted by Crippen LogP contribution is -2.38. The highest BCUT2D eigenvalue weighted by atomic mass is 19.1. The van der Waals surface area contributed by atoms with E-state index in [1.165, 1.54) is 22.6 Å². The number of carbonyl (C=O) groups is 3. The molecule has 1 atom stereocenters. The van der Waals surface area contributed by atoms with Gasteiger partial charge >= 0.3 is 6.09 Å². The van der Waals surface area contributed by atoms with Gasteiger partial charge in [0.15, 0.2) is 0 Å². The van der Waals surface area contributed by atoms with Gasteiger partial charge in [-0.15, -0.1) is 0 Å². The van der Waals surface area contributed by atoms with Crippen LogP contribution in [-0.2, 0) is 30.7 Å². The molecule has 0 aliphatic carbocycles. The molecule has 3 amide bonds. The first-order valence-electron chi connectivity index (χ1n) is 23.2. The van der Waals surface area contributed by atoms with Gasteiger partial charge in [-0.1, -0.05) is 44.4 Å². The van der Waals surface area contributed by atoms with Crippen molar-refractivity contribution in [3.63, 3.8) is 0 Å². The number of rotatable bonds is 18. The van der Waals surface area contributed by atoms with Crippen LogP contribution < -0.4 is 15.4 Å². The summed E-state index contributed by atoms with van der Waals surface area (Å²) in [6.45, 7) is 29.5. The number of nitrogens with one attached hydrogen (secondary N) is 6. The van der Waals surface area contributed by atoms with Crippen LogP contribution in [0.5, 0.6) is 5.75 Å². The number of carbonyl (C=O) groups excluding carboxylic acids is 3. The average Bonchev–Trinajstić information content (AvgIpc) is 3.30. The van der Waals surface area contributed by atoms with E-state index in [1.807, 2.05) is 60.6 Å². The monoisotopic (exact) mass is 949 g/mol. The molecule has 6 N–H and O–H groups in total. The van der Waals surface area contributed by atoms with Crippen molar-refractivity contribution in [1.82, 2.24) is 30.2 Å². The molecule has 0 saturated heterocycles. The second-order valence-corrected chi connectivity index (χ2v) is 17.8. The summed E-state index contributed by atoms with van der Waals surface area (Å²) in [5, 5.41) is 36.7. The molecule has 1 unspecified atom stereocenters. The number of hydrogen-bond acceptors (Lipinski definition) is 10. The molecule has 0 bridgehead atoms. The minimum absolute atomic E-state index is 0.0239. The summed E-state index contributed by atoms with van der Waals surface area (Å²) in [5.41, 5.74) is 6.21. The third kappa shape index (κ3) is 16.1. The van der Waals surface area contributed by atoms with Crippen LogP contribution in [-0.4, -0.2) is 106 Å². The molecular weight excluding hydrogens is 876 g/mol. The van der Waals surface area contributed by atoms with Gasteiger partial charge in [0.2, 0.25) is 0 Å². The molecule has 15 nitrogen and oxygen atoms in total. The van der Waals surface area contributed by atoms with E-state index < -0.39 is 17.8 Å². The summed E-state index contributed by atoms with van der Waals surface area (Å²) < 4.78 is 25.6. The number of amidine groups is 2. The van der Waals surface area contributed by atoms with E-state index in [1.54, 1.807) is 60.3 Å². The Bertz CT molecular complexity index is 2400. The van der Waals surface area contributed by atoms with Gasteiger partial charge in [-0.05, 0) is 151 Å². The smallest absolute Gasteiger partial charge is 0.410 e. The van der Waals surface area contributed by atoms with Gasteiger partial charge in [-0.3, -0.25) is 36.1 Å². The van der Waals surface area contributed by atoms with Crippen LogP contribution in [0.2, 0.25) is 0 Å². The number of benzene rings is 2. The van der Waals surface area contributed by atoms with E-state index in [0.717, 1.165) is 43.3 Å². The number of halogens is 1.